The monoisotopic (exact) mass is 166 g/mol. The molecule has 0 aliphatic heterocycles. The van der Waals surface area contributed by atoms with Crippen molar-refractivity contribution in [3.63, 3.8) is 0 Å². The van der Waals surface area contributed by atoms with E-state index in [-0.39, 0.29) is 1.43 Å². The van der Waals surface area contributed by atoms with Crippen LogP contribution in [-0.2, 0) is 6.42 Å². The van der Waals surface area contributed by atoms with Crippen molar-refractivity contribution in [3.05, 3.63) is 30.1 Å². The second-order valence-corrected chi connectivity index (χ2v) is 3.21. The number of pyridine rings is 1. The Morgan fingerprint density at radius 2 is 2.08 bits per heavy atom. The van der Waals surface area contributed by atoms with Gasteiger partial charge in [0.1, 0.15) is 0 Å². The first-order chi connectivity index (χ1) is 5.79. The Labute approximate surface area is 75.5 Å². The first kappa shape index (κ1) is 9.20. The molecule has 1 N–H and O–H groups in total. The van der Waals surface area contributed by atoms with Gasteiger partial charge in [-0.15, -0.1) is 0 Å². The quantitative estimate of drug-likeness (QED) is 0.738. The van der Waals surface area contributed by atoms with E-state index >= 15 is 0 Å². The number of rotatable bonds is 4. The summed E-state index contributed by atoms with van der Waals surface area (Å²) in [6, 6.07) is 4.69. The first-order valence-corrected chi connectivity index (χ1v) is 4.41. The number of nitrogens with zero attached hydrogens (tertiary/aromatic N) is 1. The van der Waals surface area contributed by atoms with Gasteiger partial charge in [0.25, 0.3) is 0 Å². The van der Waals surface area contributed by atoms with Crippen LogP contribution in [0.15, 0.2) is 24.5 Å². The van der Waals surface area contributed by atoms with E-state index in [2.05, 4.69) is 36.3 Å². The van der Waals surface area contributed by atoms with Gasteiger partial charge in [-0.2, -0.15) is 0 Å². The van der Waals surface area contributed by atoms with Gasteiger partial charge in [0.15, 0.2) is 0 Å². The Morgan fingerprint density at radius 3 is 2.67 bits per heavy atom. The van der Waals surface area contributed by atoms with E-state index < -0.39 is 0 Å². The minimum Gasteiger partial charge on any atom is -0.314 e. The summed E-state index contributed by atoms with van der Waals surface area (Å²) in [6.45, 7) is 5.36. The molecule has 1 aromatic rings. The minimum absolute atomic E-state index is 0. The van der Waals surface area contributed by atoms with Crippen molar-refractivity contribution in [2.24, 2.45) is 0 Å². The molecule has 12 heavy (non-hydrogen) atoms. The van der Waals surface area contributed by atoms with Gasteiger partial charge in [0, 0.05) is 19.9 Å². The number of nitrogens with one attached hydrogen (secondary N) is 1. The SMILES string of the molecule is CC(C)NCCc1ccncc1.[HH]. The van der Waals surface area contributed by atoms with Gasteiger partial charge in [-0.1, -0.05) is 13.8 Å². The van der Waals surface area contributed by atoms with Gasteiger partial charge >= 0.3 is 0 Å². The molecule has 0 spiro atoms. The molecule has 0 unspecified atom stereocenters. The van der Waals surface area contributed by atoms with Crippen LogP contribution in [0.1, 0.15) is 20.8 Å². The van der Waals surface area contributed by atoms with Gasteiger partial charge in [0.2, 0.25) is 0 Å². The van der Waals surface area contributed by atoms with Gasteiger partial charge in [0.05, 0.1) is 0 Å². The largest absolute Gasteiger partial charge is 0.314 e. The molecule has 0 aliphatic rings. The highest BCUT2D eigenvalue weighted by atomic mass is 14.9. The van der Waals surface area contributed by atoms with Crippen molar-refractivity contribution >= 4 is 0 Å². The highest BCUT2D eigenvalue weighted by molar-refractivity contribution is 5.09. The van der Waals surface area contributed by atoms with Crippen LogP contribution >= 0.6 is 0 Å². The smallest absolute Gasteiger partial charge is 0.0270 e. The van der Waals surface area contributed by atoms with Gasteiger partial charge in [-0.05, 0) is 30.7 Å². The average molecular weight is 166 g/mol. The molecule has 0 saturated carbocycles. The van der Waals surface area contributed by atoms with Crippen molar-refractivity contribution in [1.29, 1.82) is 0 Å². The Hall–Kier alpha value is -0.890. The summed E-state index contributed by atoms with van der Waals surface area (Å²) in [4.78, 5) is 3.97. The van der Waals surface area contributed by atoms with Crippen LogP contribution in [0.25, 0.3) is 0 Å². The molecule has 68 valence electrons. The lowest BCUT2D eigenvalue weighted by atomic mass is 10.2. The molecule has 0 saturated heterocycles. The van der Waals surface area contributed by atoms with Crippen LogP contribution in [0.4, 0.5) is 0 Å². The molecule has 0 radical (unpaired) electrons. The van der Waals surface area contributed by atoms with Gasteiger partial charge in [-0.25, -0.2) is 0 Å². The number of aromatic nitrogens is 1. The van der Waals surface area contributed by atoms with E-state index in [9.17, 15) is 0 Å². The van der Waals surface area contributed by atoms with E-state index in [0.717, 1.165) is 13.0 Å². The maximum atomic E-state index is 3.97. The normalized spacial score (nSPS) is 10.6. The fourth-order valence-corrected chi connectivity index (χ4v) is 1.05. The molecule has 0 atom stereocenters. The van der Waals surface area contributed by atoms with E-state index in [1.807, 2.05) is 12.4 Å². The Kier molecular flexibility index (Phi) is 3.74. The molecule has 2 heteroatoms. The van der Waals surface area contributed by atoms with Crippen molar-refractivity contribution in [2.75, 3.05) is 6.54 Å². The second-order valence-electron chi connectivity index (χ2n) is 3.21. The molecule has 0 bridgehead atoms. The summed E-state index contributed by atoms with van der Waals surface area (Å²) in [7, 11) is 0. The fraction of sp³-hybridized carbons (Fsp3) is 0.500. The summed E-state index contributed by atoms with van der Waals surface area (Å²) in [5, 5.41) is 3.37. The Balaban J connectivity index is 0.00000144. The average Bonchev–Trinajstić information content (AvgIpc) is 2.05. The van der Waals surface area contributed by atoms with Crippen LogP contribution in [0.3, 0.4) is 0 Å². The van der Waals surface area contributed by atoms with Crippen LogP contribution in [0.5, 0.6) is 0 Å². The van der Waals surface area contributed by atoms with Crippen molar-refractivity contribution in [3.8, 4) is 0 Å². The summed E-state index contributed by atoms with van der Waals surface area (Å²) in [5.74, 6) is 0. The van der Waals surface area contributed by atoms with Gasteiger partial charge in [-0.3, -0.25) is 4.98 Å². The lowest BCUT2D eigenvalue weighted by Gasteiger charge is -2.06. The zero-order chi connectivity index (χ0) is 8.81. The maximum absolute atomic E-state index is 3.97. The van der Waals surface area contributed by atoms with Crippen LogP contribution in [-0.4, -0.2) is 17.6 Å². The molecule has 0 fully saturated rings. The predicted molar refractivity (Wildman–Crippen MR) is 53.2 cm³/mol. The van der Waals surface area contributed by atoms with Crippen LogP contribution in [0, 0.1) is 0 Å². The summed E-state index contributed by atoms with van der Waals surface area (Å²) < 4.78 is 0. The van der Waals surface area contributed by atoms with Crippen molar-refractivity contribution in [2.45, 2.75) is 26.3 Å². The molecule has 2 nitrogen and oxygen atoms in total. The highest BCUT2D eigenvalue weighted by Gasteiger charge is 1.93. The molecule has 0 aliphatic carbocycles. The maximum Gasteiger partial charge on any atom is 0.0270 e. The number of hydrogen-bond donors (Lipinski definition) is 1. The van der Waals surface area contributed by atoms with Crippen molar-refractivity contribution < 1.29 is 1.43 Å². The zero-order valence-corrected chi connectivity index (χ0v) is 7.75. The molecule has 0 amide bonds. The topological polar surface area (TPSA) is 24.9 Å². The van der Waals surface area contributed by atoms with E-state index in [0.29, 0.717) is 6.04 Å². The summed E-state index contributed by atoms with van der Waals surface area (Å²) in [6.07, 6.45) is 4.76. The van der Waals surface area contributed by atoms with Gasteiger partial charge < -0.3 is 5.32 Å². The summed E-state index contributed by atoms with van der Waals surface area (Å²) >= 11 is 0. The van der Waals surface area contributed by atoms with E-state index in [1.165, 1.54) is 5.56 Å². The first-order valence-electron chi connectivity index (χ1n) is 4.41. The van der Waals surface area contributed by atoms with E-state index in [4.69, 9.17) is 0 Å². The lowest BCUT2D eigenvalue weighted by Crippen LogP contribution is -2.24. The van der Waals surface area contributed by atoms with Crippen molar-refractivity contribution in [1.82, 2.24) is 10.3 Å². The number of hydrogen-bond acceptors (Lipinski definition) is 2. The summed E-state index contributed by atoms with van der Waals surface area (Å²) in [5.41, 5.74) is 1.35. The second kappa shape index (κ2) is 4.88. The molecule has 1 heterocycles. The molecular formula is C10H18N2. The van der Waals surface area contributed by atoms with Crippen LogP contribution in [0.2, 0.25) is 0 Å². The fourth-order valence-electron chi connectivity index (χ4n) is 1.05. The standard InChI is InChI=1S/C10H16N2.H2/c1-9(2)12-8-5-10-3-6-11-7-4-10;/h3-4,6-7,9,12H,5,8H2,1-2H3;1H. The minimum atomic E-state index is 0. The molecule has 0 aromatic carbocycles. The third-order valence-corrected chi connectivity index (χ3v) is 1.72. The third kappa shape index (κ3) is 3.49. The van der Waals surface area contributed by atoms with E-state index in [1.54, 1.807) is 0 Å². The third-order valence-electron chi connectivity index (χ3n) is 1.72. The molecule has 1 rings (SSSR count). The molecular weight excluding hydrogens is 148 g/mol. The Bertz CT molecular complexity index is 211. The highest BCUT2D eigenvalue weighted by Crippen LogP contribution is 1.95. The lowest BCUT2D eigenvalue weighted by molar-refractivity contribution is 0.590. The Morgan fingerprint density at radius 1 is 1.42 bits per heavy atom. The van der Waals surface area contributed by atoms with Crippen LogP contribution < -0.4 is 5.32 Å². The zero-order valence-electron chi connectivity index (χ0n) is 7.75. The predicted octanol–water partition coefficient (Wildman–Crippen LogP) is 1.87. The molecule has 1 aromatic heterocycles.